The first-order valence-electron chi connectivity index (χ1n) is 5.78. The van der Waals surface area contributed by atoms with Gasteiger partial charge >= 0.3 is 0 Å². The van der Waals surface area contributed by atoms with Gasteiger partial charge in [-0.3, -0.25) is 4.68 Å². The summed E-state index contributed by atoms with van der Waals surface area (Å²) in [5.74, 6) is 1.17. The molecule has 2 unspecified atom stereocenters. The van der Waals surface area contributed by atoms with Crippen LogP contribution in [0.2, 0.25) is 0 Å². The number of rotatable bonds is 5. The maximum atomic E-state index is 5.65. The molecule has 2 N–H and O–H groups in total. The molecule has 0 aliphatic carbocycles. The fourth-order valence-electron chi connectivity index (χ4n) is 1.54. The molecule has 1 aromatic heterocycles. The number of nitrogens with two attached hydrogens (primary N) is 1. The molecule has 0 saturated carbocycles. The second-order valence-corrected chi connectivity index (χ2v) is 4.78. The van der Waals surface area contributed by atoms with Crippen LogP contribution < -0.4 is 5.73 Å². The zero-order chi connectivity index (χ0) is 11.4. The summed E-state index contributed by atoms with van der Waals surface area (Å²) in [5.41, 5.74) is 6.83. The lowest BCUT2D eigenvalue weighted by molar-refractivity contribution is 0.388. The highest BCUT2D eigenvalue weighted by Crippen LogP contribution is 2.15. The van der Waals surface area contributed by atoms with Gasteiger partial charge in [0.2, 0.25) is 0 Å². The van der Waals surface area contributed by atoms with Gasteiger partial charge in [-0.05, 0) is 44.7 Å². The fraction of sp³-hybridized carbons (Fsp3) is 0.750. The first-order valence-corrected chi connectivity index (χ1v) is 5.78. The number of aromatic nitrogens is 2. The molecule has 86 valence electrons. The van der Waals surface area contributed by atoms with E-state index in [9.17, 15) is 0 Å². The van der Waals surface area contributed by atoms with Gasteiger partial charge in [0.1, 0.15) is 0 Å². The van der Waals surface area contributed by atoms with Crippen molar-refractivity contribution in [1.82, 2.24) is 9.78 Å². The molecule has 1 heterocycles. The smallest absolute Gasteiger partial charge is 0.0627 e. The minimum atomic E-state index is 0.445. The van der Waals surface area contributed by atoms with Crippen LogP contribution in [0.4, 0.5) is 0 Å². The van der Waals surface area contributed by atoms with Crippen molar-refractivity contribution in [3.05, 3.63) is 18.0 Å². The Hall–Kier alpha value is -0.830. The Kier molecular flexibility index (Phi) is 4.33. The Balaban J connectivity index is 2.57. The van der Waals surface area contributed by atoms with Crippen molar-refractivity contribution in [3.8, 4) is 0 Å². The molecular weight excluding hydrogens is 186 g/mol. The zero-order valence-corrected chi connectivity index (χ0v) is 10.3. The maximum Gasteiger partial charge on any atom is 0.0627 e. The molecule has 15 heavy (non-hydrogen) atoms. The van der Waals surface area contributed by atoms with Gasteiger partial charge in [0.15, 0.2) is 0 Å². The highest BCUT2D eigenvalue weighted by Gasteiger charge is 2.13. The Morgan fingerprint density at radius 3 is 2.40 bits per heavy atom. The third-order valence-electron chi connectivity index (χ3n) is 3.07. The number of hydrogen-bond donors (Lipinski definition) is 1. The third-order valence-corrected chi connectivity index (χ3v) is 3.07. The first kappa shape index (κ1) is 12.2. The quantitative estimate of drug-likeness (QED) is 0.808. The Bertz CT molecular complexity index is 291. The largest absolute Gasteiger partial charge is 0.330 e. The van der Waals surface area contributed by atoms with Crippen LogP contribution in [0.1, 0.15) is 39.4 Å². The Morgan fingerprint density at radius 2 is 1.93 bits per heavy atom. The topological polar surface area (TPSA) is 43.8 Å². The molecule has 0 aliphatic heterocycles. The minimum Gasteiger partial charge on any atom is -0.330 e. The lowest BCUT2D eigenvalue weighted by atomic mass is 9.92. The van der Waals surface area contributed by atoms with Crippen molar-refractivity contribution in [2.24, 2.45) is 17.6 Å². The molecule has 3 nitrogen and oxygen atoms in total. The highest BCUT2D eigenvalue weighted by molar-refractivity contribution is 5.00. The van der Waals surface area contributed by atoms with Crippen LogP contribution in [0.25, 0.3) is 0 Å². The molecule has 0 spiro atoms. The van der Waals surface area contributed by atoms with Gasteiger partial charge in [0.25, 0.3) is 0 Å². The molecule has 0 radical (unpaired) electrons. The van der Waals surface area contributed by atoms with Gasteiger partial charge in [-0.1, -0.05) is 13.8 Å². The van der Waals surface area contributed by atoms with E-state index >= 15 is 0 Å². The van der Waals surface area contributed by atoms with Gasteiger partial charge in [-0.25, -0.2) is 0 Å². The number of hydrogen-bond acceptors (Lipinski definition) is 2. The van der Waals surface area contributed by atoms with Gasteiger partial charge in [-0.15, -0.1) is 0 Å². The van der Waals surface area contributed by atoms with Crippen LogP contribution in [-0.4, -0.2) is 16.3 Å². The molecule has 0 bridgehead atoms. The molecule has 2 atom stereocenters. The summed E-state index contributed by atoms with van der Waals surface area (Å²) in [6.07, 6.45) is 3.08. The molecular formula is C12H23N3. The average Bonchev–Trinajstić information content (AvgIpc) is 2.65. The monoisotopic (exact) mass is 209 g/mol. The van der Waals surface area contributed by atoms with E-state index in [1.807, 2.05) is 4.68 Å². The van der Waals surface area contributed by atoms with E-state index in [-0.39, 0.29) is 0 Å². The van der Waals surface area contributed by atoms with Crippen molar-refractivity contribution in [3.63, 3.8) is 0 Å². The van der Waals surface area contributed by atoms with Gasteiger partial charge < -0.3 is 5.73 Å². The summed E-state index contributed by atoms with van der Waals surface area (Å²) >= 11 is 0. The molecule has 0 saturated heterocycles. The molecule has 0 amide bonds. The summed E-state index contributed by atoms with van der Waals surface area (Å²) in [4.78, 5) is 0. The van der Waals surface area contributed by atoms with Crippen molar-refractivity contribution in [2.45, 2.75) is 40.2 Å². The predicted octanol–water partition coefficient (Wildman–Crippen LogP) is 2.24. The highest BCUT2D eigenvalue weighted by atomic mass is 15.3. The van der Waals surface area contributed by atoms with Crippen LogP contribution in [0.5, 0.6) is 0 Å². The molecule has 3 heteroatoms. The van der Waals surface area contributed by atoms with E-state index in [0.29, 0.717) is 17.9 Å². The Labute approximate surface area is 92.7 Å². The van der Waals surface area contributed by atoms with Crippen molar-refractivity contribution >= 4 is 0 Å². The minimum absolute atomic E-state index is 0.445. The second-order valence-electron chi connectivity index (χ2n) is 4.78. The van der Waals surface area contributed by atoms with E-state index in [1.165, 1.54) is 5.69 Å². The summed E-state index contributed by atoms with van der Waals surface area (Å²) < 4.78 is 2.01. The molecule has 1 aromatic rings. The van der Waals surface area contributed by atoms with E-state index in [1.54, 1.807) is 0 Å². The van der Waals surface area contributed by atoms with Crippen LogP contribution in [-0.2, 0) is 6.42 Å². The van der Waals surface area contributed by atoms with Gasteiger partial charge in [0, 0.05) is 12.2 Å². The molecule has 0 fully saturated rings. The molecule has 1 rings (SSSR count). The lowest BCUT2D eigenvalue weighted by Gasteiger charge is -2.16. The van der Waals surface area contributed by atoms with Crippen LogP contribution >= 0.6 is 0 Å². The van der Waals surface area contributed by atoms with Gasteiger partial charge in [0.05, 0.1) is 5.69 Å². The molecule has 0 aliphatic rings. The maximum absolute atomic E-state index is 5.65. The van der Waals surface area contributed by atoms with Gasteiger partial charge in [-0.2, -0.15) is 5.10 Å². The second kappa shape index (κ2) is 5.31. The van der Waals surface area contributed by atoms with E-state index < -0.39 is 0 Å². The predicted molar refractivity (Wildman–Crippen MR) is 63.7 cm³/mol. The summed E-state index contributed by atoms with van der Waals surface area (Å²) in [5, 5.41) is 4.54. The standard InChI is InChI=1S/C12H23N3/c1-9(2)15-6-5-12(14-15)7-10(3)11(4)8-13/h5-6,9-11H,7-8,13H2,1-4H3. The van der Waals surface area contributed by atoms with Crippen LogP contribution in [0.15, 0.2) is 12.3 Å². The fourth-order valence-corrected chi connectivity index (χ4v) is 1.54. The summed E-state index contributed by atoms with van der Waals surface area (Å²) in [6, 6.07) is 2.56. The zero-order valence-electron chi connectivity index (χ0n) is 10.3. The van der Waals surface area contributed by atoms with Crippen LogP contribution in [0, 0.1) is 11.8 Å². The SMILES string of the molecule is CC(CN)C(C)Cc1ccn(C(C)C)n1. The van der Waals surface area contributed by atoms with Crippen LogP contribution in [0.3, 0.4) is 0 Å². The van der Waals surface area contributed by atoms with Crippen molar-refractivity contribution < 1.29 is 0 Å². The van der Waals surface area contributed by atoms with E-state index in [0.717, 1.165) is 13.0 Å². The van der Waals surface area contributed by atoms with Crippen molar-refractivity contribution in [1.29, 1.82) is 0 Å². The summed E-state index contributed by atoms with van der Waals surface area (Å²) in [6.45, 7) is 9.48. The van der Waals surface area contributed by atoms with E-state index in [2.05, 4.69) is 45.1 Å². The number of nitrogens with zero attached hydrogens (tertiary/aromatic N) is 2. The average molecular weight is 209 g/mol. The normalized spacial score (nSPS) is 15.6. The van der Waals surface area contributed by atoms with E-state index in [4.69, 9.17) is 5.73 Å². The third kappa shape index (κ3) is 3.34. The molecule has 0 aromatic carbocycles. The first-order chi connectivity index (χ1) is 7.04. The lowest BCUT2D eigenvalue weighted by Crippen LogP contribution is -2.20. The summed E-state index contributed by atoms with van der Waals surface area (Å²) in [7, 11) is 0. The Morgan fingerprint density at radius 1 is 1.27 bits per heavy atom. The van der Waals surface area contributed by atoms with Crippen molar-refractivity contribution in [2.75, 3.05) is 6.54 Å².